The highest BCUT2D eigenvalue weighted by atomic mass is 19.1. The summed E-state index contributed by atoms with van der Waals surface area (Å²) in [6.07, 6.45) is 5.37. The molecule has 114 valence electrons. The van der Waals surface area contributed by atoms with Crippen molar-refractivity contribution >= 4 is 11.7 Å². The van der Waals surface area contributed by atoms with E-state index in [1.807, 2.05) is 4.90 Å². The molecule has 1 aromatic rings. The van der Waals surface area contributed by atoms with E-state index in [4.69, 9.17) is 0 Å². The molecular weight excluding hydrogens is 267 g/mol. The van der Waals surface area contributed by atoms with Crippen molar-refractivity contribution < 1.29 is 9.18 Å². The zero-order chi connectivity index (χ0) is 15.2. The molecule has 1 heterocycles. The van der Waals surface area contributed by atoms with Gasteiger partial charge >= 0.3 is 6.03 Å². The summed E-state index contributed by atoms with van der Waals surface area (Å²) < 4.78 is 13.6. The molecule has 21 heavy (non-hydrogen) atoms. The number of urea groups is 1. The molecule has 1 spiro atoms. The lowest BCUT2D eigenvalue weighted by Gasteiger charge is -2.48. The van der Waals surface area contributed by atoms with E-state index in [2.05, 4.69) is 6.92 Å². The molecular formula is C17H23FN2O. The summed E-state index contributed by atoms with van der Waals surface area (Å²) in [6.45, 7) is 2.15. The number of amides is 2. The van der Waals surface area contributed by atoms with Crippen LogP contribution in [0.25, 0.3) is 0 Å². The predicted octanol–water partition coefficient (Wildman–Crippen LogP) is 4.13. The number of anilines is 1. The molecule has 0 radical (unpaired) electrons. The second kappa shape index (κ2) is 5.00. The molecule has 2 aliphatic rings. The van der Waals surface area contributed by atoms with Crippen molar-refractivity contribution in [2.45, 2.75) is 50.5 Å². The Morgan fingerprint density at radius 2 is 2.00 bits per heavy atom. The van der Waals surface area contributed by atoms with Crippen molar-refractivity contribution in [2.75, 3.05) is 19.0 Å². The van der Waals surface area contributed by atoms with Crippen LogP contribution in [-0.2, 0) is 0 Å². The van der Waals surface area contributed by atoms with Crippen LogP contribution in [0.5, 0.6) is 0 Å². The molecule has 0 unspecified atom stereocenters. The summed E-state index contributed by atoms with van der Waals surface area (Å²) in [5.41, 5.74) is 1.78. The van der Waals surface area contributed by atoms with Crippen LogP contribution in [0.1, 0.15) is 50.5 Å². The van der Waals surface area contributed by atoms with Gasteiger partial charge in [0.1, 0.15) is 5.82 Å². The Hall–Kier alpha value is -1.58. The molecule has 3 nitrogen and oxygen atoms in total. The molecule has 0 saturated heterocycles. The van der Waals surface area contributed by atoms with Crippen molar-refractivity contribution in [1.82, 2.24) is 4.90 Å². The third kappa shape index (κ3) is 2.21. The standard InChI is InChI=1S/C17H23FN2O/c1-12-11-17(8-4-5-9-17)20(16(21)19(2)3)15-7-6-13(18)10-14(12)15/h6-7,10,12H,4-5,8-9,11H2,1-3H3/t12-/m1/s1. The summed E-state index contributed by atoms with van der Waals surface area (Å²) in [7, 11) is 3.57. The van der Waals surface area contributed by atoms with Crippen molar-refractivity contribution in [2.24, 2.45) is 0 Å². The van der Waals surface area contributed by atoms with Crippen LogP contribution in [0.4, 0.5) is 14.9 Å². The molecule has 0 aromatic heterocycles. The molecule has 1 aliphatic heterocycles. The van der Waals surface area contributed by atoms with Crippen molar-refractivity contribution in [3.63, 3.8) is 0 Å². The number of halogens is 1. The summed E-state index contributed by atoms with van der Waals surface area (Å²) >= 11 is 0. The SMILES string of the molecule is C[C@@H]1CC2(CCCC2)N(C(=O)N(C)C)c2ccc(F)cc21. The number of nitrogens with zero attached hydrogens (tertiary/aromatic N) is 2. The van der Waals surface area contributed by atoms with Crippen LogP contribution in [0.15, 0.2) is 18.2 Å². The first-order valence-electron chi connectivity index (χ1n) is 7.75. The second-order valence-electron chi connectivity index (χ2n) is 6.75. The fraction of sp³-hybridized carbons (Fsp3) is 0.588. The predicted molar refractivity (Wildman–Crippen MR) is 82.2 cm³/mol. The maximum atomic E-state index is 13.6. The van der Waals surface area contributed by atoms with E-state index < -0.39 is 0 Å². The van der Waals surface area contributed by atoms with Crippen molar-refractivity contribution in [3.8, 4) is 0 Å². The van der Waals surface area contributed by atoms with Gasteiger partial charge in [-0.2, -0.15) is 0 Å². The monoisotopic (exact) mass is 290 g/mol. The molecule has 0 N–H and O–H groups in total. The third-order valence-corrected chi connectivity index (χ3v) is 5.03. The Bertz CT molecular complexity index is 564. The number of carbonyl (C=O) groups is 1. The van der Waals surface area contributed by atoms with Crippen LogP contribution >= 0.6 is 0 Å². The zero-order valence-corrected chi connectivity index (χ0v) is 13.0. The molecule has 1 atom stereocenters. The molecule has 0 bridgehead atoms. The first-order chi connectivity index (χ1) is 9.94. The Morgan fingerprint density at radius 3 is 2.62 bits per heavy atom. The van der Waals surface area contributed by atoms with Crippen molar-refractivity contribution in [3.05, 3.63) is 29.6 Å². The topological polar surface area (TPSA) is 23.6 Å². The third-order valence-electron chi connectivity index (χ3n) is 5.03. The van der Waals surface area contributed by atoms with Gasteiger partial charge in [0.25, 0.3) is 0 Å². The zero-order valence-electron chi connectivity index (χ0n) is 13.0. The Labute approximate surface area is 125 Å². The first kappa shape index (κ1) is 14.4. The number of fused-ring (bicyclic) bond motifs is 1. The minimum Gasteiger partial charge on any atom is -0.330 e. The maximum absolute atomic E-state index is 13.6. The van der Waals surface area contributed by atoms with Gasteiger partial charge in [0.2, 0.25) is 0 Å². The maximum Gasteiger partial charge on any atom is 0.324 e. The quantitative estimate of drug-likeness (QED) is 0.704. The van der Waals surface area contributed by atoms with E-state index in [-0.39, 0.29) is 17.4 Å². The Kier molecular flexibility index (Phi) is 3.42. The summed E-state index contributed by atoms with van der Waals surface area (Å²) in [6, 6.07) is 4.85. The van der Waals surface area contributed by atoms with Gasteiger partial charge in [0.05, 0.1) is 5.54 Å². The van der Waals surface area contributed by atoms with Crippen LogP contribution in [-0.4, -0.2) is 30.6 Å². The Morgan fingerprint density at radius 1 is 1.33 bits per heavy atom. The van der Waals surface area contributed by atoms with Crippen LogP contribution in [0, 0.1) is 5.82 Å². The fourth-order valence-electron chi connectivity index (χ4n) is 4.12. The van der Waals surface area contributed by atoms with Gasteiger partial charge in [-0.05, 0) is 48.9 Å². The molecule has 1 aromatic carbocycles. The van der Waals surface area contributed by atoms with Crippen LogP contribution in [0.2, 0.25) is 0 Å². The van der Waals surface area contributed by atoms with Crippen LogP contribution in [0.3, 0.4) is 0 Å². The summed E-state index contributed by atoms with van der Waals surface area (Å²) in [4.78, 5) is 16.4. The minimum absolute atomic E-state index is 0.0108. The highest BCUT2D eigenvalue weighted by molar-refractivity contribution is 5.95. The van der Waals surface area contributed by atoms with Crippen LogP contribution < -0.4 is 4.90 Å². The number of hydrogen-bond donors (Lipinski definition) is 0. The number of carbonyl (C=O) groups excluding carboxylic acids is 1. The molecule has 1 saturated carbocycles. The second-order valence-corrected chi connectivity index (χ2v) is 6.75. The highest BCUT2D eigenvalue weighted by Gasteiger charge is 2.48. The average molecular weight is 290 g/mol. The van der Waals surface area contributed by atoms with E-state index in [1.165, 1.54) is 18.9 Å². The van der Waals surface area contributed by atoms with Gasteiger partial charge in [0.15, 0.2) is 0 Å². The van der Waals surface area contributed by atoms with Gasteiger partial charge in [-0.3, -0.25) is 4.90 Å². The lowest BCUT2D eigenvalue weighted by molar-refractivity contribution is 0.208. The summed E-state index contributed by atoms with van der Waals surface area (Å²) in [5, 5.41) is 0. The molecule has 3 rings (SSSR count). The average Bonchev–Trinajstić information content (AvgIpc) is 2.88. The number of hydrogen-bond acceptors (Lipinski definition) is 1. The van der Waals surface area contributed by atoms with E-state index in [0.717, 1.165) is 30.5 Å². The van der Waals surface area contributed by atoms with Crippen molar-refractivity contribution in [1.29, 1.82) is 0 Å². The van der Waals surface area contributed by atoms with Gasteiger partial charge in [0, 0.05) is 19.8 Å². The van der Waals surface area contributed by atoms with Gasteiger partial charge in [-0.15, -0.1) is 0 Å². The largest absolute Gasteiger partial charge is 0.330 e. The molecule has 2 amide bonds. The molecule has 1 aliphatic carbocycles. The molecule has 4 heteroatoms. The fourth-order valence-corrected chi connectivity index (χ4v) is 4.12. The smallest absolute Gasteiger partial charge is 0.324 e. The highest BCUT2D eigenvalue weighted by Crippen LogP contribution is 2.50. The van der Waals surface area contributed by atoms with E-state index in [9.17, 15) is 9.18 Å². The molecule has 1 fully saturated rings. The van der Waals surface area contributed by atoms with Gasteiger partial charge in [-0.25, -0.2) is 9.18 Å². The number of benzene rings is 1. The summed E-state index contributed by atoms with van der Waals surface area (Å²) in [5.74, 6) is 0.0697. The number of rotatable bonds is 0. The minimum atomic E-state index is -0.222. The normalized spacial score (nSPS) is 23.2. The van der Waals surface area contributed by atoms with Gasteiger partial charge < -0.3 is 4.90 Å². The van der Waals surface area contributed by atoms with E-state index in [1.54, 1.807) is 31.1 Å². The Balaban J connectivity index is 2.14. The lowest BCUT2D eigenvalue weighted by Crippen LogP contribution is -2.56. The first-order valence-corrected chi connectivity index (χ1v) is 7.75. The van der Waals surface area contributed by atoms with Gasteiger partial charge in [-0.1, -0.05) is 19.8 Å². The van der Waals surface area contributed by atoms with E-state index >= 15 is 0 Å². The lowest BCUT2D eigenvalue weighted by atomic mass is 9.77. The van der Waals surface area contributed by atoms with E-state index in [0.29, 0.717) is 5.92 Å².